The van der Waals surface area contributed by atoms with E-state index in [1.165, 1.54) is 18.5 Å². The summed E-state index contributed by atoms with van der Waals surface area (Å²) in [6.45, 7) is 4.31. The Kier molecular flexibility index (Phi) is 6.47. The van der Waals surface area contributed by atoms with Crippen LogP contribution >= 0.6 is 11.6 Å². The molecule has 2 aromatic carbocycles. The fraction of sp³-hybridized carbons (Fsp3) is 0.333. The van der Waals surface area contributed by atoms with Gasteiger partial charge in [-0.15, -0.1) is 0 Å². The van der Waals surface area contributed by atoms with Gasteiger partial charge in [0.1, 0.15) is 18.0 Å². The van der Waals surface area contributed by atoms with Gasteiger partial charge < -0.3 is 10.2 Å². The highest BCUT2D eigenvalue weighted by Gasteiger charge is 2.18. The second-order valence-electron chi connectivity index (χ2n) is 7.96. The van der Waals surface area contributed by atoms with Crippen LogP contribution in [0, 0.1) is 5.82 Å². The summed E-state index contributed by atoms with van der Waals surface area (Å²) in [5.41, 5.74) is 2.53. The highest BCUT2D eigenvalue weighted by Crippen LogP contribution is 2.31. The molecule has 1 fully saturated rings. The molecule has 11 heteroatoms. The summed E-state index contributed by atoms with van der Waals surface area (Å²) < 4.78 is 40.2. The van der Waals surface area contributed by atoms with Crippen molar-refractivity contribution in [3.05, 3.63) is 53.1 Å². The summed E-state index contributed by atoms with van der Waals surface area (Å²) >= 11 is 5.89. The third-order valence-corrected chi connectivity index (χ3v) is 6.21. The van der Waals surface area contributed by atoms with Gasteiger partial charge in [-0.3, -0.25) is 9.62 Å². The van der Waals surface area contributed by atoms with Crippen LogP contribution in [0.3, 0.4) is 0 Å². The first-order valence-electron chi connectivity index (χ1n) is 10.1. The van der Waals surface area contributed by atoms with E-state index in [-0.39, 0.29) is 5.02 Å². The minimum Gasteiger partial charge on any atom is -0.340 e. The maximum absolute atomic E-state index is 13.5. The van der Waals surface area contributed by atoms with Gasteiger partial charge in [0.15, 0.2) is 0 Å². The van der Waals surface area contributed by atoms with Crippen molar-refractivity contribution in [2.24, 2.45) is 0 Å². The van der Waals surface area contributed by atoms with Crippen LogP contribution in [0.25, 0.3) is 10.9 Å². The number of fused-ring (bicyclic) bond motifs is 1. The Morgan fingerprint density at radius 1 is 1.12 bits per heavy atom. The molecule has 4 rings (SSSR count). The van der Waals surface area contributed by atoms with E-state index in [1.54, 1.807) is 12.1 Å². The number of aromatic nitrogens is 2. The van der Waals surface area contributed by atoms with Crippen molar-refractivity contribution in [1.29, 1.82) is 0 Å². The van der Waals surface area contributed by atoms with Crippen LogP contribution in [0.5, 0.6) is 0 Å². The molecule has 0 amide bonds. The molecule has 32 heavy (non-hydrogen) atoms. The zero-order chi connectivity index (χ0) is 22.9. The Balaban J connectivity index is 1.72. The van der Waals surface area contributed by atoms with Crippen molar-refractivity contribution in [1.82, 2.24) is 19.8 Å². The molecule has 2 N–H and O–H groups in total. The summed E-state index contributed by atoms with van der Waals surface area (Å²) in [5, 5.41) is 3.73. The minimum atomic E-state index is -3.50. The van der Waals surface area contributed by atoms with Gasteiger partial charge in [0, 0.05) is 43.8 Å². The standard InChI is InChI=1S/C21H24ClFN6O2S/c1-28-5-7-29(8-6-28)12-14-9-20-16(11-19(14)27-32(2,30)31)21(25-13-24-20)26-15-3-4-18(23)17(22)10-15/h3-4,9-11,13,27H,5-8,12H2,1-2H3,(H,24,25,26). The van der Waals surface area contributed by atoms with E-state index >= 15 is 0 Å². The topological polar surface area (TPSA) is 90.5 Å². The van der Waals surface area contributed by atoms with Gasteiger partial charge in [0.25, 0.3) is 0 Å². The smallest absolute Gasteiger partial charge is 0.229 e. The van der Waals surface area contributed by atoms with E-state index in [4.69, 9.17) is 11.6 Å². The molecule has 1 aliphatic rings. The number of nitrogens with zero attached hydrogens (tertiary/aromatic N) is 4. The highest BCUT2D eigenvalue weighted by atomic mass is 35.5. The van der Waals surface area contributed by atoms with Gasteiger partial charge in [-0.1, -0.05) is 11.6 Å². The van der Waals surface area contributed by atoms with E-state index in [1.807, 2.05) is 6.07 Å². The molecule has 1 aromatic heterocycles. The molecule has 0 aliphatic carbocycles. The summed E-state index contributed by atoms with van der Waals surface area (Å²) in [4.78, 5) is 13.2. The molecule has 0 bridgehead atoms. The lowest BCUT2D eigenvalue weighted by molar-refractivity contribution is 0.148. The predicted molar refractivity (Wildman–Crippen MR) is 125 cm³/mol. The molecule has 0 spiro atoms. The number of hydrogen-bond acceptors (Lipinski definition) is 7. The third-order valence-electron chi connectivity index (χ3n) is 5.33. The van der Waals surface area contributed by atoms with E-state index in [0.29, 0.717) is 34.6 Å². The molecule has 0 unspecified atom stereocenters. The third kappa shape index (κ3) is 5.44. The molecule has 0 atom stereocenters. The van der Waals surface area contributed by atoms with Crippen LogP contribution in [0.2, 0.25) is 5.02 Å². The van der Waals surface area contributed by atoms with Gasteiger partial charge >= 0.3 is 0 Å². The number of benzene rings is 2. The molecule has 0 saturated carbocycles. The van der Waals surface area contributed by atoms with Crippen LogP contribution < -0.4 is 10.0 Å². The summed E-state index contributed by atoms with van der Waals surface area (Å²) in [6.07, 6.45) is 2.55. The number of piperazine rings is 1. The van der Waals surface area contributed by atoms with Crippen LogP contribution in [0.1, 0.15) is 5.56 Å². The van der Waals surface area contributed by atoms with E-state index < -0.39 is 15.8 Å². The van der Waals surface area contributed by atoms with Crippen molar-refractivity contribution >= 4 is 49.7 Å². The number of likely N-dealkylation sites (N-methyl/N-ethyl adjacent to an activating group) is 1. The molecular weight excluding hydrogens is 455 g/mol. The molecule has 170 valence electrons. The molecular formula is C21H24ClFN6O2S. The first kappa shape index (κ1) is 22.7. The molecule has 2 heterocycles. The number of sulfonamides is 1. The van der Waals surface area contributed by atoms with Crippen molar-refractivity contribution in [2.75, 3.05) is 49.5 Å². The fourth-order valence-corrected chi connectivity index (χ4v) is 4.40. The van der Waals surface area contributed by atoms with Crippen molar-refractivity contribution in [3.8, 4) is 0 Å². The quantitative estimate of drug-likeness (QED) is 0.561. The van der Waals surface area contributed by atoms with Gasteiger partial charge in [-0.25, -0.2) is 22.8 Å². The lowest BCUT2D eigenvalue weighted by Crippen LogP contribution is -2.44. The number of halogens is 2. The monoisotopic (exact) mass is 478 g/mol. The number of rotatable bonds is 6. The molecule has 1 aliphatic heterocycles. The first-order valence-corrected chi connectivity index (χ1v) is 12.3. The van der Waals surface area contributed by atoms with Crippen LogP contribution in [-0.4, -0.2) is 67.7 Å². The SMILES string of the molecule is CN1CCN(Cc2cc3ncnc(Nc4ccc(F)c(Cl)c4)c3cc2NS(C)(=O)=O)CC1. The molecule has 3 aromatic rings. The van der Waals surface area contributed by atoms with Crippen molar-refractivity contribution in [2.45, 2.75) is 6.54 Å². The lowest BCUT2D eigenvalue weighted by atomic mass is 10.1. The maximum atomic E-state index is 13.5. The van der Waals surface area contributed by atoms with Crippen LogP contribution in [-0.2, 0) is 16.6 Å². The number of nitrogens with one attached hydrogen (secondary N) is 2. The van der Waals surface area contributed by atoms with E-state index in [0.717, 1.165) is 38.0 Å². The Morgan fingerprint density at radius 2 is 1.88 bits per heavy atom. The zero-order valence-electron chi connectivity index (χ0n) is 17.8. The molecule has 1 saturated heterocycles. The minimum absolute atomic E-state index is 0.0118. The van der Waals surface area contributed by atoms with Crippen molar-refractivity contribution in [3.63, 3.8) is 0 Å². The molecule has 0 radical (unpaired) electrons. The second-order valence-corrected chi connectivity index (χ2v) is 10.1. The zero-order valence-corrected chi connectivity index (χ0v) is 19.3. The normalized spacial score (nSPS) is 15.8. The van der Waals surface area contributed by atoms with Gasteiger partial charge in [-0.05, 0) is 42.9 Å². The average molecular weight is 479 g/mol. The van der Waals surface area contributed by atoms with Gasteiger partial charge in [0.2, 0.25) is 10.0 Å². The van der Waals surface area contributed by atoms with Crippen molar-refractivity contribution < 1.29 is 12.8 Å². The first-order chi connectivity index (χ1) is 15.2. The second kappa shape index (κ2) is 9.14. The summed E-state index contributed by atoms with van der Waals surface area (Å²) in [5.74, 6) is -0.0571. The predicted octanol–water partition coefficient (Wildman–Crippen LogP) is 3.28. The Hall–Kier alpha value is -2.53. The van der Waals surface area contributed by atoms with Gasteiger partial charge in [0.05, 0.1) is 22.5 Å². The Labute approximate surface area is 191 Å². The summed E-state index contributed by atoms with van der Waals surface area (Å²) in [6, 6.07) is 7.88. The maximum Gasteiger partial charge on any atom is 0.229 e. The number of anilines is 3. The largest absolute Gasteiger partial charge is 0.340 e. The Bertz CT molecular complexity index is 1250. The van der Waals surface area contributed by atoms with E-state index in [2.05, 4.69) is 36.9 Å². The lowest BCUT2D eigenvalue weighted by Gasteiger charge is -2.32. The Morgan fingerprint density at radius 3 is 2.56 bits per heavy atom. The van der Waals surface area contributed by atoms with E-state index in [9.17, 15) is 12.8 Å². The fourth-order valence-electron chi connectivity index (χ4n) is 3.63. The average Bonchev–Trinajstić information content (AvgIpc) is 2.72. The summed E-state index contributed by atoms with van der Waals surface area (Å²) in [7, 11) is -1.41. The molecule has 8 nitrogen and oxygen atoms in total. The van der Waals surface area contributed by atoms with Crippen LogP contribution in [0.4, 0.5) is 21.6 Å². The van der Waals surface area contributed by atoms with Gasteiger partial charge in [-0.2, -0.15) is 0 Å². The number of hydrogen-bond donors (Lipinski definition) is 2. The van der Waals surface area contributed by atoms with Crippen LogP contribution in [0.15, 0.2) is 36.7 Å². The highest BCUT2D eigenvalue weighted by molar-refractivity contribution is 7.92.